The van der Waals surface area contributed by atoms with Crippen LogP contribution in [0, 0.1) is 12.8 Å². The summed E-state index contributed by atoms with van der Waals surface area (Å²) >= 11 is 6.01. The fourth-order valence-corrected chi connectivity index (χ4v) is 2.76. The van der Waals surface area contributed by atoms with Gasteiger partial charge < -0.3 is 10.2 Å². The number of aromatic nitrogens is 2. The zero-order valence-corrected chi connectivity index (χ0v) is 13.0. The lowest BCUT2D eigenvalue weighted by molar-refractivity contribution is -0.119. The predicted molar refractivity (Wildman–Crippen MR) is 80.8 cm³/mol. The summed E-state index contributed by atoms with van der Waals surface area (Å²) < 4.78 is 0. The van der Waals surface area contributed by atoms with Crippen LogP contribution in [-0.2, 0) is 4.79 Å². The smallest absolute Gasteiger partial charge is 0.216 e. The van der Waals surface area contributed by atoms with Gasteiger partial charge in [0.2, 0.25) is 5.91 Å². The SMILES string of the molecule is CC(=O)NCC1CCN(c2nc(C)nc(Cl)c2C=O)CC1. The molecule has 0 radical (unpaired) electrons. The number of amides is 1. The molecule has 21 heavy (non-hydrogen) atoms. The molecule has 1 amide bonds. The molecule has 0 bridgehead atoms. The molecule has 6 nitrogen and oxygen atoms in total. The first-order chi connectivity index (χ1) is 10.0. The lowest BCUT2D eigenvalue weighted by atomic mass is 9.96. The van der Waals surface area contributed by atoms with Crippen molar-refractivity contribution in [3.63, 3.8) is 0 Å². The highest BCUT2D eigenvalue weighted by Crippen LogP contribution is 2.27. The Labute approximate surface area is 128 Å². The molecule has 7 heteroatoms. The average molecular weight is 311 g/mol. The number of aryl methyl sites for hydroxylation is 1. The van der Waals surface area contributed by atoms with Crippen LogP contribution in [-0.4, -0.2) is 41.8 Å². The topological polar surface area (TPSA) is 75.2 Å². The van der Waals surface area contributed by atoms with Gasteiger partial charge in [-0.1, -0.05) is 11.6 Å². The predicted octanol–water partition coefficient (Wildman–Crippen LogP) is 1.60. The van der Waals surface area contributed by atoms with Crippen LogP contribution in [0.4, 0.5) is 5.82 Å². The average Bonchev–Trinajstić information content (AvgIpc) is 2.45. The lowest BCUT2D eigenvalue weighted by Gasteiger charge is -2.33. The van der Waals surface area contributed by atoms with Crippen molar-refractivity contribution in [1.82, 2.24) is 15.3 Å². The molecule has 2 heterocycles. The summed E-state index contributed by atoms with van der Waals surface area (Å²) in [6.07, 6.45) is 2.60. The third-order valence-electron chi connectivity index (χ3n) is 3.66. The second-order valence-electron chi connectivity index (χ2n) is 5.28. The van der Waals surface area contributed by atoms with Crippen molar-refractivity contribution in [2.45, 2.75) is 26.7 Å². The molecule has 1 aromatic heterocycles. The molecule has 1 N–H and O–H groups in total. The van der Waals surface area contributed by atoms with Gasteiger partial charge in [-0.25, -0.2) is 9.97 Å². The van der Waals surface area contributed by atoms with E-state index in [1.54, 1.807) is 6.92 Å². The number of hydrogen-bond donors (Lipinski definition) is 1. The largest absolute Gasteiger partial charge is 0.356 e. The Kier molecular flexibility index (Phi) is 5.12. The van der Waals surface area contributed by atoms with E-state index in [0.29, 0.717) is 36.0 Å². The molecule has 1 aliphatic heterocycles. The minimum absolute atomic E-state index is 0.00104. The fraction of sp³-hybridized carbons (Fsp3) is 0.571. The number of halogens is 1. The van der Waals surface area contributed by atoms with E-state index < -0.39 is 0 Å². The Morgan fingerprint density at radius 2 is 2.10 bits per heavy atom. The van der Waals surface area contributed by atoms with E-state index in [-0.39, 0.29) is 11.1 Å². The van der Waals surface area contributed by atoms with Crippen LogP contribution < -0.4 is 10.2 Å². The van der Waals surface area contributed by atoms with Crippen molar-refractivity contribution < 1.29 is 9.59 Å². The van der Waals surface area contributed by atoms with Crippen LogP contribution in [0.5, 0.6) is 0 Å². The number of rotatable bonds is 4. The maximum atomic E-state index is 11.2. The number of anilines is 1. The first-order valence-corrected chi connectivity index (χ1v) is 7.37. The molecule has 114 valence electrons. The van der Waals surface area contributed by atoms with Crippen LogP contribution in [0.25, 0.3) is 0 Å². The van der Waals surface area contributed by atoms with Crippen LogP contribution in [0.3, 0.4) is 0 Å². The van der Waals surface area contributed by atoms with Crippen molar-refractivity contribution in [3.8, 4) is 0 Å². The minimum atomic E-state index is -0.00104. The van der Waals surface area contributed by atoms with E-state index in [1.807, 2.05) is 0 Å². The molecular weight excluding hydrogens is 292 g/mol. The summed E-state index contributed by atoms with van der Waals surface area (Å²) in [7, 11) is 0. The van der Waals surface area contributed by atoms with Crippen LogP contribution in [0.1, 0.15) is 35.9 Å². The number of hydrogen-bond acceptors (Lipinski definition) is 5. The maximum absolute atomic E-state index is 11.2. The van der Waals surface area contributed by atoms with E-state index in [2.05, 4.69) is 20.2 Å². The van der Waals surface area contributed by atoms with Crippen molar-refractivity contribution >= 4 is 29.6 Å². The van der Waals surface area contributed by atoms with Gasteiger partial charge in [-0.2, -0.15) is 0 Å². The van der Waals surface area contributed by atoms with Gasteiger partial charge in [0.05, 0.1) is 5.56 Å². The minimum Gasteiger partial charge on any atom is -0.356 e. The van der Waals surface area contributed by atoms with Gasteiger partial charge in [0.1, 0.15) is 16.8 Å². The van der Waals surface area contributed by atoms with Crippen LogP contribution in [0.15, 0.2) is 0 Å². The van der Waals surface area contributed by atoms with Gasteiger partial charge in [-0.05, 0) is 25.7 Å². The second kappa shape index (κ2) is 6.85. The molecule has 0 saturated carbocycles. The lowest BCUT2D eigenvalue weighted by Crippen LogP contribution is -2.39. The summed E-state index contributed by atoms with van der Waals surface area (Å²) in [5, 5.41) is 3.05. The van der Waals surface area contributed by atoms with E-state index >= 15 is 0 Å². The third-order valence-corrected chi connectivity index (χ3v) is 3.95. The molecule has 1 aliphatic rings. The number of carbonyl (C=O) groups is 2. The van der Waals surface area contributed by atoms with E-state index in [4.69, 9.17) is 11.6 Å². The molecule has 0 aliphatic carbocycles. The number of nitrogens with one attached hydrogen (secondary N) is 1. The number of carbonyl (C=O) groups excluding carboxylic acids is 2. The monoisotopic (exact) mass is 310 g/mol. The summed E-state index contributed by atoms with van der Waals surface area (Å²) in [5.41, 5.74) is 0.350. The summed E-state index contributed by atoms with van der Waals surface area (Å²) in [6, 6.07) is 0. The maximum Gasteiger partial charge on any atom is 0.216 e. The second-order valence-corrected chi connectivity index (χ2v) is 5.64. The van der Waals surface area contributed by atoms with Crippen molar-refractivity contribution in [2.75, 3.05) is 24.5 Å². The first-order valence-electron chi connectivity index (χ1n) is 7.00. The van der Waals surface area contributed by atoms with Gasteiger partial charge in [0, 0.05) is 26.6 Å². The van der Waals surface area contributed by atoms with Crippen molar-refractivity contribution in [2.24, 2.45) is 5.92 Å². The zero-order valence-electron chi connectivity index (χ0n) is 12.2. The molecule has 0 aromatic carbocycles. The molecule has 0 unspecified atom stereocenters. The summed E-state index contributed by atoms with van der Waals surface area (Å²) in [4.78, 5) is 32.6. The van der Waals surface area contributed by atoms with Crippen LogP contribution in [0.2, 0.25) is 5.15 Å². The molecule has 0 spiro atoms. The molecule has 1 fully saturated rings. The van der Waals surface area contributed by atoms with Crippen LogP contribution >= 0.6 is 11.6 Å². The van der Waals surface area contributed by atoms with E-state index in [9.17, 15) is 9.59 Å². The Bertz CT molecular complexity index is 542. The number of aldehydes is 1. The van der Waals surface area contributed by atoms with Gasteiger partial charge in [-0.15, -0.1) is 0 Å². The highest BCUT2D eigenvalue weighted by atomic mass is 35.5. The standard InChI is InChI=1S/C14H19ClN4O2/c1-9-17-13(15)12(8-20)14(18-9)19-5-3-11(4-6-19)7-16-10(2)21/h8,11H,3-7H2,1-2H3,(H,16,21). The van der Waals surface area contributed by atoms with E-state index in [1.165, 1.54) is 6.92 Å². The number of nitrogens with zero attached hydrogens (tertiary/aromatic N) is 3. The fourth-order valence-electron chi connectivity index (χ4n) is 2.51. The molecular formula is C14H19ClN4O2. The summed E-state index contributed by atoms with van der Waals surface area (Å²) in [5.74, 6) is 1.63. The highest BCUT2D eigenvalue weighted by Gasteiger charge is 2.23. The first kappa shape index (κ1) is 15.7. The number of piperidine rings is 1. The zero-order chi connectivity index (χ0) is 15.4. The van der Waals surface area contributed by atoms with Gasteiger partial charge >= 0.3 is 0 Å². The third kappa shape index (κ3) is 3.91. The quantitative estimate of drug-likeness (QED) is 0.675. The Morgan fingerprint density at radius 1 is 1.43 bits per heavy atom. The summed E-state index contributed by atoms with van der Waals surface area (Å²) in [6.45, 7) is 5.56. The van der Waals surface area contributed by atoms with Crippen molar-refractivity contribution in [3.05, 3.63) is 16.5 Å². The molecule has 2 rings (SSSR count). The Morgan fingerprint density at radius 3 is 2.67 bits per heavy atom. The molecule has 0 atom stereocenters. The Hall–Kier alpha value is -1.69. The van der Waals surface area contributed by atoms with Crippen molar-refractivity contribution in [1.29, 1.82) is 0 Å². The van der Waals surface area contributed by atoms with E-state index in [0.717, 1.165) is 25.9 Å². The highest BCUT2D eigenvalue weighted by molar-refractivity contribution is 6.32. The van der Waals surface area contributed by atoms with Gasteiger partial charge in [0.25, 0.3) is 0 Å². The molecule has 1 saturated heterocycles. The normalized spacial score (nSPS) is 15.9. The Balaban J connectivity index is 2.05. The molecule has 1 aromatic rings. The van der Waals surface area contributed by atoms with Gasteiger partial charge in [-0.3, -0.25) is 9.59 Å². The van der Waals surface area contributed by atoms with Gasteiger partial charge in [0.15, 0.2) is 6.29 Å².